The molecule has 43 heavy (non-hydrogen) atoms. The number of halogens is 1. The van der Waals surface area contributed by atoms with Crippen molar-refractivity contribution in [3.8, 4) is 6.01 Å². The molecule has 230 valence electrons. The van der Waals surface area contributed by atoms with Gasteiger partial charge in [-0.1, -0.05) is 13.0 Å². The number of aromatic nitrogens is 2. The Balaban J connectivity index is 1.08. The van der Waals surface area contributed by atoms with Crippen LogP contribution in [0.2, 0.25) is 0 Å². The van der Waals surface area contributed by atoms with E-state index in [1.807, 2.05) is 13.1 Å². The molecule has 6 unspecified atom stereocenters. The van der Waals surface area contributed by atoms with E-state index < -0.39 is 11.8 Å². The fourth-order valence-electron chi connectivity index (χ4n) is 9.68. The number of hydrogen-bond acceptors (Lipinski definition) is 9. The Morgan fingerprint density at radius 3 is 2.88 bits per heavy atom. The van der Waals surface area contributed by atoms with E-state index >= 15 is 0 Å². The fourth-order valence-corrected chi connectivity index (χ4v) is 9.68. The van der Waals surface area contributed by atoms with Crippen molar-refractivity contribution in [3.63, 3.8) is 0 Å². The molecule has 2 aliphatic carbocycles. The highest BCUT2D eigenvalue weighted by molar-refractivity contribution is 5.74. The highest BCUT2D eigenvalue weighted by Gasteiger charge is 2.65. The van der Waals surface area contributed by atoms with E-state index in [4.69, 9.17) is 29.9 Å². The minimum Gasteiger partial charge on any atom is -0.461 e. The first kappa shape index (κ1) is 26.7. The zero-order chi connectivity index (χ0) is 29.1. The first-order valence-electron chi connectivity index (χ1n) is 16.4. The van der Waals surface area contributed by atoms with E-state index in [0.29, 0.717) is 50.4 Å². The lowest BCUT2D eigenvalue weighted by Gasteiger charge is -2.50. The number of nitrogens with one attached hydrogen (secondary N) is 1. The van der Waals surface area contributed by atoms with Crippen molar-refractivity contribution in [2.24, 2.45) is 11.8 Å². The molecule has 0 radical (unpaired) electrons. The molecular weight excluding hydrogens is 547 g/mol. The van der Waals surface area contributed by atoms with Crippen molar-refractivity contribution >= 4 is 17.2 Å². The summed E-state index contributed by atoms with van der Waals surface area (Å²) in [7, 11) is 1.94. The van der Waals surface area contributed by atoms with Crippen molar-refractivity contribution < 1.29 is 18.6 Å². The van der Waals surface area contributed by atoms with Gasteiger partial charge >= 0.3 is 6.01 Å². The molecule has 0 bridgehead atoms. The minimum absolute atomic E-state index is 0.0266. The number of nitrogen functional groups attached to an aromatic ring is 1. The normalized spacial score (nSPS) is 36.7. The molecule has 1 aromatic carbocycles. The summed E-state index contributed by atoms with van der Waals surface area (Å²) >= 11 is 0. The lowest BCUT2D eigenvalue weighted by molar-refractivity contribution is -0.0872. The number of anilines is 3. The molecule has 5 aliphatic heterocycles. The van der Waals surface area contributed by atoms with Gasteiger partial charge in [-0.3, -0.25) is 4.90 Å². The van der Waals surface area contributed by atoms with Gasteiger partial charge in [0.05, 0.1) is 48.9 Å². The maximum Gasteiger partial charge on any atom is 0.318 e. The molecule has 0 amide bonds. The summed E-state index contributed by atoms with van der Waals surface area (Å²) < 4.78 is 34.2. The average Bonchev–Trinajstić information content (AvgIpc) is 3.36. The van der Waals surface area contributed by atoms with Crippen LogP contribution in [0.3, 0.4) is 0 Å². The summed E-state index contributed by atoms with van der Waals surface area (Å²) in [6.45, 7) is 7.19. The number of rotatable bonds is 5. The van der Waals surface area contributed by atoms with Crippen molar-refractivity contribution in [1.82, 2.24) is 14.9 Å². The van der Waals surface area contributed by atoms with Crippen LogP contribution < -0.4 is 20.7 Å². The maximum atomic E-state index is 14.5. The first-order chi connectivity index (χ1) is 20.8. The quantitative estimate of drug-likeness (QED) is 0.498. The predicted octanol–water partition coefficient (Wildman–Crippen LogP) is 4.15. The van der Waals surface area contributed by atoms with Crippen LogP contribution in [0.5, 0.6) is 6.01 Å². The summed E-state index contributed by atoms with van der Waals surface area (Å²) in [5, 5.41) is 3.39. The van der Waals surface area contributed by atoms with Gasteiger partial charge in [0.25, 0.3) is 0 Å². The zero-order valence-corrected chi connectivity index (χ0v) is 25.3. The molecule has 2 aromatic rings. The van der Waals surface area contributed by atoms with Crippen LogP contribution >= 0.6 is 0 Å². The molecule has 4 saturated heterocycles. The number of nitrogens with two attached hydrogens (primary N) is 1. The summed E-state index contributed by atoms with van der Waals surface area (Å²) in [5.41, 5.74) is 11.9. The van der Waals surface area contributed by atoms with Crippen LogP contribution in [-0.4, -0.2) is 78.6 Å². The molecule has 3 N–H and O–H groups in total. The summed E-state index contributed by atoms with van der Waals surface area (Å²) in [6, 6.07) is 4.58. The van der Waals surface area contributed by atoms with Crippen molar-refractivity contribution in [1.29, 1.82) is 0 Å². The van der Waals surface area contributed by atoms with E-state index in [2.05, 4.69) is 28.1 Å². The van der Waals surface area contributed by atoms with E-state index in [1.165, 1.54) is 17.5 Å². The number of alkyl halides is 1. The molecule has 6 atom stereocenters. The minimum atomic E-state index is -0.793. The van der Waals surface area contributed by atoms with Crippen LogP contribution in [0, 0.1) is 11.8 Å². The molecule has 7 aliphatic rings. The van der Waals surface area contributed by atoms with Gasteiger partial charge in [-0.25, -0.2) is 4.39 Å². The standard InChI is InChI=1S/C33H43FN6O3/c1-19-6-8-32(27-22(19)4-5-25(35)28(27)36-2)12-26-23(15-43-32)29(39-16-33(17-39)24-10-20(24)14-42-33)38-30(37-26)41-18-31-7-3-9-40(31)13-21(34)11-31/h4-5,19-21,24,36H,3,6-18,35H2,1-2H3. The zero-order valence-electron chi connectivity index (χ0n) is 25.3. The number of nitrogens with zero attached hydrogens (tertiary/aromatic N) is 4. The van der Waals surface area contributed by atoms with E-state index in [-0.39, 0.29) is 11.1 Å². The average molecular weight is 591 g/mol. The van der Waals surface area contributed by atoms with Gasteiger partial charge in [-0.2, -0.15) is 9.97 Å². The topological polar surface area (TPSA) is 98.0 Å². The monoisotopic (exact) mass is 590 g/mol. The van der Waals surface area contributed by atoms with Crippen LogP contribution in [0.4, 0.5) is 21.6 Å². The van der Waals surface area contributed by atoms with Gasteiger partial charge in [0.2, 0.25) is 0 Å². The van der Waals surface area contributed by atoms with Gasteiger partial charge in [0, 0.05) is 37.6 Å². The van der Waals surface area contributed by atoms with E-state index in [0.717, 1.165) is 86.3 Å². The van der Waals surface area contributed by atoms with E-state index in [9.17, 15) is 4.39 Å². The second-order valence-corrected chi connectivity index (χ2v) is 14.6. The van der Waals surface area contributed by atoms with Gasteiger partial charge in [0.1, 0.15) is 29.8 Å². The molecule has 2 spiro atoms. The summed E-state index contributed by atoms with van der Waals surface area (Å²) in [4.78, 5) is 14.8. The van der Waals surface area contributed by atoms with Crippen molar-refractivity contribution in [3.05, 3.63) is 34.5 Å². The van der Waals surface area contributed by atoms with Crippen molar-refractivity contribution in [2.75, 3.05) is 62.4 Å². The molecule has 5 fully saturated rings. The first-order valence-corrected chi connectivity index (χ1v) is 16.4. The predicted molar refractivity (Wildman–Crippen MR) is 161 cm³/mol. The summed E-state index contributed by atoms with van der Waals surface area (Å²) in [6.07, 6.45) is 5.63. The maximum absolute atomic E-state index is 14.5. The molecular formula is C33H43FN6O3. The van der Waals surface area contributed by atoms with Crippen LogP contribution in [0.1, 0.15) is 73.8 Å². The Hall–Kier alpha value is -2.69. The van der Waals surface area contributed by atoms with Gasteiger partial charge < -0.3 is 30.2 Å². The molecule has 1 saturated carbocycles. The third-order valence-electron chi connectivity index (χ3n) is 12.1. The van der Waals surface area contributed by atoms with E-state index in [1.54, 1.807) is 0 Å². The Morgan fingerprint density at radius 2 is 2.09 bits per heavy atom. The Labute approximate surface area is 252 Å². The fraction of sp³-hybridized carbons (Fsp3) is 0.697. The largest absolute Gasteiger partial charge is 0.461 e. The second-order valence-electron chi connectivity index (χ2n) is 14.6. The Kier molecular flexibility index (Phi) is 5.69. The second kappa shape index (κ2) is 9.17. The molecule has 10 heteroatoms. The SMILES string of the molecule is CNc1c(N)ccc2c1C1(CCC2C)Cc2nc(OCC34CCCN3CC(F)C4)nc(N3CC4(C3)OCC3CC34)c2CO1. The highest BCUT2D eigenvalue weighted by atomic mass is 19.1. The Bertz CT molecular complexity index is 1480. The lowest BCUT2D eigenvalue weighted by Crippen LogP contribution is -2.64. The molecule has 1 aromatic heterocycles. The number of benzene rings is 1. The third kappa shape index (κ3) is 3.84. The smallest absolute Gasteiger partial charge is 0.318 e. The Morgan fingerprint density at radius 1 is 1.21 bits per heavy atom. The number of hydrogen-bond donors (Lipinski definition) is 2. The van der Waals surface area contributed by atoms with Crippen LogP contribution in [0.25, 0.3) is 0 Å². The van der Waals surface area contributed by atoms with Gasteiger partial charge in [0.15, 0.2) is 0 Å². The summed E-state index contributed by atoms with van der Waals surface area (Å²) in [5.74, 6) is 2.76. The van der Waals surface area contributed by atoms with Gasteiger partial charge in [-0.15, -0.1) is 0 Å². The van der Waals surface area contributed by atoms with Crippen molar-refractivity contribution in [2.45, 2.75) is 87.3 Å². The molecule has 9 nitrogen and oxygen atoms in total. The lowest BCUT2D eigenvalue weighted by atomic mass is 9.70. The molecule has 9 rings (SSSR count). The third-order valence-corrected chi connectivity index (χ3v) is 12.1. The number of fused-ring (bicyclic) bond motifs is 6. The highest BCUT2D eigenvalue weighted by Crippen LogP contribution is 2.59. The number of ether oxygens (including phenoxy) is 3. The van der Waals surface area contributed by atoms with Crippen LogP contribution in [0.15, 0.2) is 12.1 Å². The van der Waals surface area contributed by atoms with Gasteiger partial charge in [-0.05, 0) is 68.0 Å². The molecule has 6 heterocycles. The van der Waals surface area contributed by atoms with Crippen LogP contribution in [-0.2, 0) is 28.1 Å².